The maximum absolute atomic E-state index is 12.8. The van der Waals surface area contributed by atoms with Gasteiger partial charge in [-0.2, -0.15) is 0 Å². The first-order valence-corrected chi connectivity index (χ1v) is 30.7. The van der Waals surface area contributed by atoms with Gasteiger partial charge in [0.1, 0.15) is 19.8 Å². The number of quaternary nitrogens is 1. The van der Waals surface area contributed by atoms with Gasteiger partial charge >= 0.3 is 19.8 Å². The van der Waals surface area contributed by atoms with Crippen molar-refractivity contribution in [2.45, 2.75) is 283 Å². The van der Waals surface area contributed by atoms with Gasteiger partial charge in [0.2, 0.25) is 0 Å². The first kappa shape index (κ1) is 67.2. The molecule has 2 unspecified atom stereocenters. The number of hydrogen-bond acceptors (Lipinski definition) is 7. The number of rotatable bonds is 54. The van der Waals surface area contributed by atoms with E-state index in [0.29, 0.717) is 17.4 Å². The Hall–Kier alpha value is -1.77. The van der Waals surface area contributed by atoms with Gasteiger partial charge in [-0.15, -0.1) is 0 Å². The van der Waals surface area contributed by atoms with Gasteiger partial charge in [-0.25, -0.2) is 4.57 Å². The van der Waals surface area contributed by atoms with Crippen LogP contribution in [0.3, 0.4) is 0 Å². The molecule has 0 amide bonds. The van der Waals surface area contributed by atoms with Crippen LogP contribution in [0.15, 0.2) is 36.5 Å². The molecule has 406 valence electrons. The molecule has 2 atom stereocenters. The number of unbranched alkanes of at least 4 members (excludes halogenated alkanes) is 34. The lowest BCUT2D eigenvalue weighted by atomic mass is 10.0. The minimum Gasteiger partial charge on any atom is -0.462 e. The third-order valence-corrected chi connectivity index (χ3v) is 13.9. The largest absolute Gasteiger partial charge is 0.472 e. The Bertz CT molecular complexity index is 1260. The van der Waals surface area contributed by atoms with Gasteiger partial charge in [-0.3, -0.25) is 18.6 Å². The maximum Gasteiger partial charge on any atom is 0.472 e. The average Bonchev–Trinajstić information content (AvgIpc) is 3.31. The molecular formula is C59H113NO8P+. The topological polar surface area (TPSA) is 108 Å². The van der Waals surface area contributed by atoms with Gasteiger partial charge in [0.25, 0.3) is 0 Å². The van der Waals surface area contributed by atoms with Gasteiger partial charge in [0.15, 0.2) is 6.10 Å². The van der Waals surface area contributed by atoms with Crippen molar-refractivity contribution in [2.75, 3.05) is 47.5 Å². The molecule has 0 spiro atoms. The van der Waals surface area contributed by atoms with E-state index < -0.39 is 26.5 Å². The van der Waals surface area contributed by atoms with E-state index in [1.807, 2.05) is 21.1 Å². The Labute approximate surface area is 427 Å². The number of likely N-dealkylation sites (N-methyl/N-ethyl adjacent to an activating group) is 1. The normalized spacial score (nSPS) is 13.5. The molecule has 0 bridgehead atoms. The summed E-state index contributed by atoms with van der Waals surface area (Å²) in [7, 11) is 1.47. The fourth-order valence-corrected chi connectivity index (χ4v) is 9.19. The number of esters is 2. The molecule has 0 aliphatic heterocycles. The lowest BCUT2D eigenvalue weighted by Gasteiger charge is -2.24. The minimum absolute atomic E-state index is 0.0290. The summed E-state index contributed by atoms with van der Waals surface area (Å²) in [6.45, 7) is 4.34. The van der Waals surface area contributed by atoms with Crippen molar-refractivity contribution in [1.29, 1.82) is 0 Å². The van der Waals surface area contributed by atoms with Crippen LogP contribution in [0.5, 0.6) is 0 Å². The Morgan fingerprint density at radius 3 is 1.23 bits per heavy atom. The lowest BCUT2D eigenvalue weighted by Crippen LogP contribution is -2.37. The summed E-state index contributed by atoms with van der Waals surface area (Å²) in [5.74, 6) is -0.806. The van der Waals surface area contributed by atoms with Gasteiger partial charge in [-0.1, -0.05) is 256 Å². The first-order valence-electron chi connectivity index (χ1n) is 29.2. The van der Waals surface area contributed by atoms with E-state index in [0.717, 1.165) is 70.6 Å². The molecule has 10 heteroatoms. The standard InChI is InChI=1S/C59H112NO8P/c1-6-8-10-12-14-16-18-20-22-23-24-25-26-27-28-29-30-31-32-33-34-35-36-38-39-41-43-45-47-49-51-58(61)65-55-57(56-67-69(63,64)66-54-53-60(3,4)5)68-59(62)52-50-48-46-44-42-40-37-21-19-17-15-13-11-9-7-2/h9,11,15,17,21,37,57H,6-8,10,12-14,16,18-20,22-36,38-56H2,1-5H3/p+1/b11-9-,17-15-,37-21-. The SMILES string of the molecule is CC/C=C\C/C=C\C/C=C\CCCCCCCC(=O)OC(COC(=O)CCCCCCCCCCCCCCCCCCCCCCCCCCCCCCCC)COP(=O)(O)OCC[N+](C)(C)C. The fourth-order valence-electron chi connectivity index (χ4n) is 8.44. The van der Waals surface area contributed by atoms with E-state index >= 15 is 0 Å². The maximum atomic E-state index is 12.8. The van der Waals surface area contributed by atoms with Crippen LogP contribution in [0, 0.1) is 0 Å². The van der Waals surface area contributed by atoms with Crippen LogP contribution in [0.25, 0.3) is 0 Å². The molecule has 9 nitrogen and oxygen atoms in total. The number of carbonyl (C=O) groups is 2. The summed E-state index contributed by atoms with van der Waals surface area (Å²) in [5, 5.41) is 0. The second kappa shape index (κ2) is 51.1. The average molecular weight is 996 g/mol. The molecular weight excluding hydrogens is 882 g/mol. The fraction of sp³-hybridized carbons (Fsp3) is 0.864. The summed E-state index contributed by atoms with van der Waals surface area (Å²) in [6.07, 6.45) is 62.4. The molecule has 0 aromatic heterocycles. The number of phosphoric acid groups is 1. The zero-order valence-electron chi connectivity index (χ0n) is 46.1. The predicted octanol–water partition coefficient (Wildman–Crippen LogP) is 18.0. The van der Waals surface area contributed by atoms with Crippen molar-refractivity contribution in [3.05, 3.63) is 36.5 Å². The van der Waals surface area contributed by atoms with Crippen LogP contribution < -0.4 is 0 Å². The Morgan fingerprint density at radius 2 is 0.826 bits per heavy atom. The van der Waals surface area contributed by atoms with Crippen molar-refractivity contribution in [3.8, 4) is 0 Å². The third-order valence-electron chi connectivity index (χ3n) is 12.9. The van der Waals surface area contributed by atoms with Crippen LogP contribution in [0.2, 0.25) is 0 Å². The number of phosphoric ester groups is 1. The van der Waals surface area contributed by atoms with Crippen LogP contribution in [0.4, 0.5) is 0 Å². The Kier molecular flexibility index (Phi) is 49.8. The highest BCUT2D eigenvalue weighted by atomic mass is 31.2. The van der Waals surface area contributed by atoms with E-state index in [2.05, 4.69) is 50.3 Å². The van der Waals surface area contributed by atoms with E-state index in [1.165, 1.54) is 173 Å². The second-order valence-corrected chi connectivity index (χ2v) is 22.5. The molecule has 0 radical (unpaired) electrons. The summed E-state index contributed by atoms with van der Waals surface area (Å²) in [5.41, 5.74) is 0. The Balaban J connectivity index is 4.02. The first-order chi connectivity index (χ1) is 33.5. The highest BCUT2D eigenvalue weighted by Crippen LogP contribution is 2.43. The molecule has 0 aliphatic carbocycles. The number of carbonyl (C=O) groups excluding carboxylic acids is 2. The smallest absolute Gasteiger partial charge is 0.462 e. The molecule has 0 rings (SSSR count). The summed E-state index contributed by atoms with van der Waals surface area (Å²) in [6, 6.07) is 0. The number of hydrogen-bond donors (Lipinski definition) is 1. The van der Waals surface area contributed by atoms with Crippen LogP contribution in [0.1, 0.15) is 277 Å². The highest BCUT2D eigenvalue weighted by molar-refractivity contribution is 7.47. The Morgan fingerprint density at radius 1 is 0.464 bits per heavy atom. The van der Waals surface area contributed by atoms with E-state index in [-0.39, 0.29) is 32.0 Å². The molecule has 0 aromatic rings. The van der Waals surface area contributed by atoms with E-state index in [4.69, 9.17) is 18.5 Å². The summed E-state index contributed by atoms with van der Waals surface area (Å²) in [4.78, 5) is 35.6. The third kappa shape index (κ3) is 55.4. The quantitative estimate of drug-likeness (QED) is 0.0211. The van der Waals surface area contributed by atoms with Gasteiger partial charge < -0.3 is 18.9 Å². The molecule has 0 saturated carbocycles. The molecule has 1 N–H and O–H groups in total. The van der Waals surface area contributed by atoms with Gasteiger partial charge in [-0.05, 0) is 44.9 Å². The van der Waals surface area contributed by atoms with Crippen molar-refractivity contribution in [3.63, 3.8) is 0 Å². The molecule has 0 aliphatic rings. The van der Waals surface area contributed by atoms with Crippen molar-refractivity contribution >= 4 is 19.8 Å². The van der Waals surface area contributed by atoms with Crippen LogP contribution >= 0.6 is 7.82 Å². The minimum atomic E-state index is -4.39. The van der Waals surface area contributed by atoms with Gasteiger partial charge in [0.05, 0.1) is 27.7 Å². The van der Waals surface area contributed by atoms with Crippen LogP contribution in [-0.4, -0.2) is 74.9 Å². The van der Waals surface area contributed by atoms with Crippen molar-refractivity contribution in [2.24, 2.45) is 0 Å². The number of ether oxygens (including phenoxy) is 2. The summed E-state index contributed by atoms with van der Waals surface area (Å²) >= 11 is 0. The molecule has 0 aromatic carbocycles. The van der Waals surface area contributed by atoms with Crippen molar-refractivity contribution < 1.29 is 42.1 Å². The van der Waals surface area contributed by atoms with Crippen molar-refractivity contribution in [1.82, 2.24) is 0 Å². The molecule has 0 fully saturated rings. The van der Waals surface area contributed by atoms with E-state index in [9.17, 15) is 19.0 Å². The van der Waals surface area contributed by atoms with E-state index in [1.54, 1.807) is 0 Å². The number of allylic oxidation sites excluding steroid dienone is 6. The van der Waals surface area contributed by atoms with Gasteiger partial charge in [0, 0.05) is 12.8 Å². The molecule has 0 saturated heterocycles. The molecule has 69 heavy (non-hydrogen) atoms. The summed E-state index contributed by atoms with van der Waals surface area (Å²) < 4.78 is 34.5. The second-order valence-electron chi connectivity index (χ2n) is 21.0. The predicted molar refractivity (Wildman–Crippen MR) is 294 cm³/mol. The molecule has 0 heterocycles. The zero-order valence-corrected chi connectivity index (χ0v) is 47.0. The highest BCUT2D eigenvalue weighted by Gasteiger charge is 2.27. The zero-order chi connectivity index (χ0) is 50.6. The monoisotopic (exact) mass is 995 g/mol. The van der Waals surface area contributed by atoms with Crippen LogP contribution in [-0.2, 0) is 32.7 Å². The number of nitrogens with zero attached hydrogens (tertiary/aromatic N) is 1. The lowest BCUT2D eigenvalue weighted by molar-refractivity contribution is -0.870.